The van der Waals surface area contributed by atoms with Crippen molar-refractivity contribution in [1.82, 2.24) is 24.6 Å². The number of hydrogen-bond acceptors (Lipinski definition) is 6. The minimum absolute atomic E-state index is 0.00274. The maximum atomic E-state index is 13.8. The molecule has 1 amide bonds. The van der Waals surface area contributed by atoms with E-state index in [2.05, 4.69) is 14.9 Å². The maximum absolute atomic E-state index is 13.8. The molecule has 0 atom stereocenters. The predicted octanol–water partition coefficient (Wildman–Crippen LogP) is 3.81. The largest absolute Gasteiger partial charge is 0.481 e. The number of rotatable bonds is 6. The SMILES string of the molecule is COc1cc(N2CCN(C(=O)Cn3nc(-c4ccc(F)c(C)c4)cc3-c3ccccc3)CC2)ncn1. The standard InChI is InChI=1S/C27H27FN6O2/c1-19-14-21(8-9-22(19)28)23-15-24(20-6-4-3-5-7-20)34(31-23)17-27(35)33-12-10-32(11-13-33)25-16-26(36-2)30-18-29-25/h3-9,14-16,18H,10-13,17H2,1-2H3. The van der Waals surface area contributed by atoms with Gasteiger partial charge in [0.1, 0.15) is 24.5 Å². The Hall–Kier alpha value is -4.27. The Morgan fingerprint density at radius 2 is 1.75 bits per heavy atom. The molecule has 0 spiro atoms. The van der Waals surface area contributed by atoms with Crippen LogP contribution in [0.4, 0.5) is 10.2 Å². The molecule has 1 saturated heterocycles. The highest BCUT2D eigenvalue weighted by Crippen LogP contribution is 2.27. The third kappa shape index (κ3) is 4.91. The highest BCUT2D eigenvalue weighted by Gasteiger charge is 2.24. The van der Waals surface area contributed by atoms with Gasteiger partial charge in [-0.25, -0.2) is 14.4 Å². The Bertz CT molecular complexity index is 1370. The zero-order valence-electron chi connectivity index (χ0n) is 20.3. The van der Waals surface area contributed by atoms with Crippen molar-refractivity contribution < 1.29 is 13.9 Å². The van der Waals surface area contributed by atoms with Gasteiger partial charge in [0.15, 0.2) is 0 Å². The van der Waals surface area contributed by atoms with Gasteiger partial charge in [0.2, 0.25) is 11.8 Å². The van der Waals surface area contributed by atoms with E-state index in [4.69, 9.17) is 9.84 Å². The molecule has 1 aliphatic rings. The van der Waals surface area contributed by atoms with E-state index in [1.807, 2.05) is 41.3 Å². The first-order valence-corrected chi connectivity index (χ1v) is 11.8. The molecule has 0 radical (unpaired) electrons. The Kier molecular flexibility index (Phi) is 6.62. The molecule has 2 aromatic heterocycles. The molecular formula is C27H27FN6O2. The van der Waals surface area contributed by atoms with Crippen molar-refractivity contribution in [1.29, 1.82) is 0 Å². The highest BCUT2D eigenvalue weighted by molar-refractivity contribution is 5.78. The van der Waals surface area contributed by atoms with Crippen molar-refractivity contribution in [2.45, 2.75) is 13.5 Å². The van der Waals surface area contributed by atoms with Gasteiger partial charge in [-0.15, -0.1) is 0 Å². The lowest BCUT2D eigenvalue weighted by Crippen LogP contribution is -2.50. The molecule has 0 bridgehead atoms. The van der Waals surface area contributed by atoms with E-state index < -0.39 is 0 Å². The van der Waals surface area contributed by atoms with Crippen molar-refractivity contribution in [2.75, 3.05) is 38.2 Å². The van der Waals surface area contributed by atoms with E-state index in [1.165, 1.54) is 12.4 Å². The maximum Gasteiger partial charge on any atom is 0.244 e. The molecule has 3 heterocycles. The lowest BCUT2D eigenvalue weighted by molar-refractivity contribution is -0.132. The van der Waals surface area contributed by atoms with E-state index in [9.17, 15) is 9.18 Å². The van der Waals surface area contributed by atoms with Crippen molar-refractivity contribution in [3.63, 3.8) is 0 Å². The summed E-state index contributed by atoms with van der Waals surface area (Å²) in [6.07, 6.45) is 1.48. The predicted molar refractivity (Wildman–Crippen MR) is 135 cm³/mol. The van der Waals surface area contributed by atoms with Crippen molar-refractivity contribution in [3.8, 4) is 28.4 Å². The van der Waals surface area contributed by atoms with Gasteiger partial charge < -0.3 is 14.5 Å². The fourth-order valence-corrected chi connectivity index (χ4v) is 4.35. The third-order valence-electron chi connectivity index (χ3n) is 6.38. The number of carbonyl (C=O) groups is 1. The molecule has 5 rings (SSSR count). The number of nitrogens with zero attached hydrogens (tertiary/aromatic N) is 6. The summed E-state index contributed by atoms with van der Waals surface area (Å²) in [6.45, 7) is 4.34. The van der Waals surface area contributed by atoms with Crippen LogP contribution in [0.3, 0.4) is 0 Å². The molecule has 8 nitrogen and oxygen atoms in total. The molecule has 1 fully saturated rings. The Balaban J connectivity index is 1.34. The molecule has 1 aliphatic heterocycles. The average Bonchev–Trinajstić information content (AvgIpc) is 3.34. The second kappa shape index (κ2) is 10.2. The fraction of sp³-hybridized carbons (Fsp3) is 0.259. The van der Waals surface area contributed by atoms with Crippen molar-refractivity contribution in [2.24, 2.45) is 0 Å². The number of aromatic nitrogens is 4. The smallest absolute Gasteiger partial charge is 0.244 e. The van der Waals surface area contributed by atoms with Crippen LogP contribution < -0.4 is 9.64 Å². The molecule has 36 heavy (non-hydrogen) atoms. The second-order valence-electron chi connectivity index (χ2n) is 8.69. The van der Waals surface area contributed by atoms with Crippen molar-refractivity contribution >= 4 is 11.7 Å². The van der Waals surface area contributed by atoms with E-state index in [-0.39, 0.29) is 18.3 Å². The van der Waals surface area contributed by atoms with Crippen LogP contribution in [0.15, 0.2) is 67.0 Å². The van der Waals surface area contributed by atoms with Gasteiger partial charge in [-0.3, -0.25) is 9.48 Å². The zero-order chi connectivity index (χ0) is 25.1. The molecule has 2 aromatic carbocycles. The van der Waals surface area contributed by atoms with Gasteiger partial charge in [-0.1, -0.05) is 30.3 Å². The van der Waals surface area contributed by atoms with Crippen molar-refractivity contribution in [3.05, 3.63) is 78.4 Å². The first kappa shape index (κ1) is 23.5. The molecule has 0 unspecified atom stereocenters. The van der Waals surface area contributed by atoms with Crippen LogP contribution in [0.1, 0.15) is 5.56 Å². The Morgan fingerprint density at radius 1 is 0.972 bits per heavy atom. The van der Waals surface area contributed by atoms with Gasteiger partial charge in [0.05, 0.1) is 18.5 Å². The number of piperazine rings is 1. The van der Waals surface area contributed by atoms with Gasteiger partial charge in [-0.2, -0.15) is 5.10 Å². The van der Waals surface area contributed by atoms with E-state index in [0.29, 0.717) is 43.3 Å². The summed E-state index contributed by atoms with van der Waals surface area (Å²) in [5.74, 6) is 1.04. The summed E-state index contributed by atoms with van der Waals surface area (Å²) in [4.78, 5) is 25.6. The number of amides is 1. The number of carbonyl (C=O) groups excluding carboxylic acids is 1. The van der Waals surface area contributed by atoms with E-state index in [0.717, 1.165) is 22.6 Å². The number of ether oxygens (including phenoxy) is 1. The Morgan fingerprint density at radius 3 is 2.47 bits per heavy atom. The summed E-state index contributed by atoms with van der Waals surface area (Å²) in [5, 5.41) is 4.75. The summed E-state index contributed by atoms with van der Waals surface area (Å²) >= 11 is 0. The number of aryl methyl sites for hydroxylation is 1. The normalized spacial score (nSPS) is 13.6. The summed E-state index contributed by atoms with van der Waals surface area (Å²) < 4.78 is 20.8. The first-order valence-electron chi connectivity index (χ1n) is 11.8. The summed E-state index contributed by atoms with van der Waals surface area (Å²) in [6, 6.07) is 18.5. The number of halogens is 1. The molecule has 0 saturated carbocycles. The topological polar surface area (TPSA) is 76.4 Å². The second-order valence-corrected chi connectivity index (χ2v) is 8.69. The number of anilines is 1. The van der Waals surface area contributed by atoms with Crippen LogP contribution in [-0.4, -0.2) is 63.8 Å². The summed E-state index contributed by atoms with van der Waals surface area (Å²) in [7, 11) is 1.57. The summed E-state index contributed by atoms with van der Waals surface area (Å²) in [5.41, 5.74) is 3.87. The third-order valence-corrected chi connectivity index (χ3v) is 6.38. The minimum atomic E-state index is -0.254. The highest BCUT2D eigenvalue weighted by atomic mass is 19.1. The van der Waals surface area contributed by atoms with Crippen LogP contribution in [0.5, 0.6) is 5.88 Å². The van der Waals surface area contributed by atoms with Crippen LogP contribution in [0.25, 0.3) is 22.5 Å². The molecule has 184 valence electrons. The number of benzene rings is 2. The van der Waals surface area contributed by atoms with Gasteiger partial charge in [0.25, 0.3) is 0 Å². The van der Waals surface area contributed by atoms with Crippen LogP contribution in [-0.2, 0) is 11.3 Å². The molecule has 9 heteroatoms. The van der Waals surface area contributed by atoms with Crippen LogP contribution in [0, 0.1) is 12.7 Å². The lowest BCUT2D eigenvalue weighted by Gasteiger charge is -2.35. The van der Waals surface area contributed by atoms with E-state index in [1.54, 1.807) is 36.9 Å². The van der Waals surface area contributed by atoms with Gasteiger partial charge in [0, 0.05) is 37.8 Å². The van der Waals surface area contributed by atoms with Gasteiger partial charge >= 0.3 is 0 Å². The average molecular weight is 487 g/mol. The molecule has 0 N–H and O–H groups in total. The fourth-order valence-electron chi connectivity index (χ4n) is 4.35. The Labute approximate surface area is 209 Å². The quantitative estimate of drug-likeness (QED) is 0.413. The molecule has 0 aliphatic carbocycles. The zero-order valence-corrected chi connectivity index (χ0v) is 20.3. The monoisotopic (exact) mass is 486 g/mol. The first-order chi connectivity index (χ1) is 17.5. The molecule has 4 aromatic rings. The lowest BCUT2D eigenvalue weighted by atomic mass is 10.1. The molecular weight excluding hydrogens is 459 g/mol. The van der Waals surface area contributed by atoms with E-state index >= 15 is 0 Å². The minimum Gasteiger partial charge on any atom is -0.481 e. The van der Waals surface area contributed by atoms with Gasteiger partial charge in [-0.05, 0) is 42.3 Å². The number of methoxy groups -OCH3 is 1. The van der Waals surface area contributed by atoms with Crippen LogP contribution in [0.2, 0.25) is 0 Å². The number of hydrogen-bond donors (Lipinski definition) is 0. The van der Waals surface area contributed by atoms with Crippen LogP contribution >= 0.6 is 0 Å².